The van der Waals surface area contributed by atoms with Gasteiger partial charge in [0.15, 0.2) is 0 Å². The summed E-state index contributed by atoms with van der Waals surface area (Å²) < 4.78 is 0. The summed E-state index contributed by atoms with van der Waals surface area (Å²) in [5.74, 6) is -5.49. The molecule has 13 heteroatoms. The summed E-state index contributed by atoms with van der Waals surface area (Å²) in [6.45, 7) is 3.87. The van der Waals surface area contributed by atoms with E-state index < -0.39 is 73.0 Å². The number of aliphatic carboxylic acids is 2. The molecule has 0 bridgehead atoms. The predicted molar refractivity (Wildman–Crippen MR) is 106 cm³/mol. The van der Waals surface area contributed by atoms with Crippen molar-refractivity contribution in [2.45, 2.75) is 70.3 Å². The number of nitrogens with two attached hydrogens (primary N) is 1. The van der Waals surface area contributed by atoms with Crippen LogP contribution in [0.15, 0.2) is 0 Å². The van der Waals surface area contributed by atoms with Gasteiger partial charge in [0.05, 0.1) is 12.7 Å². The van der Waals surface area contributed by atoms with Gasteiger partial charge in [-0.2, -0.15) is 0 Å². The lowest BCUT2D eigenvalue weighted by Gasteiger charge is -2.25. The van der Waals surface area contributed by atoms with Crippen LogP contribution in [0, 0.1) is 5.92 Å². The largest absolute Gasteiger partial charge is 0.481 e. The van der Waals surface area contributed by atoms with Gasteiger partial charge in [-0.3, -0.25) is 19.2 Å². The minimum absolute atomic E-state index is 0.0689. The van der Waals surface area contributed by atoms with Crippen molar-refractivity contribution in [3.05, 3.63) is 0 Å². The highest BCUT2D eigenvalue weighted by atomic mass is 16.4. The average Bonchev–Trinajstić information content (AvgIpc) is 2.66. The summed E-state index contributed by atoms with van der Waals surface area (Å²) in [4.78, 5) is 59.1. The molecule has 0 fully saturated rings. The summed E-state index contributed by atoms with van der Waals surface area (Å²) in [5.41, 5.74) is 5.46. The molecule has 5 atom stereocenters. The first-order chi connectivity index (χ1) is 14.3. The van der Waals surface area contributed by atoms with Crippen molar-refractivity contribution < 1.29 is 44.4 Å². The Hall–Kier alpha value is -2.77. The molecule has 0 aliphatic heterocycles. The third-order valence-corrected chi connectivity index (χ3v) is 4.24. The molecule has 0 aliphatic rings. The fourth-order valence-electron chi connectivity index (χ4n) is 2.46. The SMILES string of the molecule is CC(C)CC(NC(=O)C(CCC(=O)O)NC(=O)C(CO)NC(=O)C(N)C(C)O)C(=O)O. The van der Waals surface area contributed by atoms with Crippen LogP contribution < -0.4 is 21.7 Å². The summed E-state index contributed by atoms with van der Waals surface area (Å²) in [5, 5.41) is 43.5. The van der Waals surface area contributed by atoms with E-state index in [-0.39, 0.29) is 18.8 Å². The molecule has 9 N–H and O–H groups in total. The molecule has 178 valence electrons. The molecule has 0 spiro atoms. The van der Waals surface area contributed by atoms with Gasteiger partial charge in [0, 0.05) is 6.42 Å². The molecule has 0 heterocycles. The molecule has 0 saturated heterocycles. The zero-order chi connectivity index (χ0) is 24.3. The van der Waals surface area contributed by atoms with E-state index >= 15 is 0 Å². The monoisotopic (exact) mass is 448 g/mol. The highest BCUT2D eigenvalue weighted by molar-refractivity contribution is 5.94. The topological polar surface area (TPSA) is 228 Å². The maximum absolute atomic E-state index is 12.5. The van der Waals surface area contributed by atoms with Crippen molar-refractivity contribution in [3.63, 3.8) is 0 Å². The van der Waals surface area contributed by atoms with Crippen molar-refractivity contribution in [2.75, 3.05) is 6.61 Å². The number of aliphatic hydroxyl groups is 2. The molecular formula is C18H32N4O9. The zero-order valence-corrected chi connectivity index (χ0v) is 17.7. The van der Waals surface area contributed by atoms with E-state index in [0.29, 0.717) is 0 Å². The Balaban J connectivity index is 5.36. The smallest absolute Gasteiger partial charge is 0.326 e. The fourth-order valence-corrected chi connectivity index (χ4v) is 2.46. The number of carbonyl (C=O) groups excluding carboxylic acids is 3. The fraction of sp³-hybridized carbons (Fsp3) is 0.722. The summed E-state index contributed by atoms with van der Waals surface area (Å²) in [6.07, 6.45) is -2.00. The molecule has 0 aromatic heterocycles. The molecule has 5 unspecified atom stereocenters. The maximum Gasteiger partial charge on any atom is 0.326 e. The lowest BCUT2D eigenvalue weighted by atomic mass is 10.0. The van der Waals surface area contributed by atoms with Gasteiger partial charge in [-0.15, -0.1) is 0 Å². The van der Waals surface area contributed by atoms with Crippen molar-refractivity contribution in [1.82, 2.24) is 16.0 Å². The Bertz CT molecular complexity index is 654. The third kappa shape index (κ3) is 10.7. The second-order valence-corrected chi connectivity index (χ2v) is 7.53. The number of carboxylic acid groups (broad SMARTS) is 2. The van der Waals surface area contributed by atoms with E-state index in [1.54, 1.807) is 13.8 Å². The Labute approximate surface area is 179 Å². The standard InChI is InChI=1S/C18H32N4O9/c1-8(2)6-11(18(30)31)21-15(27)10(4-5-13(25)26)20-16(28)12(7-23)22-17(29)14(19)9(3)24/h8-12,14,23-24H,4-7,19H2,1-3H3,(H,20,28)(H,21,27)(H,22,29)(H,25,26)(H,30,31). The number of hydrogen-bond donors (Lipinski definition) is 8. The van der Waals surface area contributed by atoms with Gasteiger partial charge in [-0.25, -0.2) is 4.79 Å². The zero-order valence-electron chi connectivity index (χ0n) is 17.7. The Morgan fingerprint density at radius 1 is 0.839 bits per heavy atom. The van der Waals surface area contributed by atoms with Gasteiger partial charge < -0.3 is 42.1 Å². The van der Waals surface area contributed by atoms with E-state index in [1.807, 2.05) is 0 Å². The van der Waals surface area contributed by atoms with Crippen molar-refractivity contribution in [2.24, 2.45) is 11.7 Å². The molecule has 0 aliphatic carbocycles. The number of hydrogen-bond acceptors (Lipinski definition) is 8. The number of carbonyl (C=O) groups is 5. The van der Waals surface area contributed by atoms with Crippen LogP contribution >= 0.6 is 0 Å². The molecule has 0 rings (SSSR count). The second-order valence-electron chi connectivity index (χ2n) is 7.53. The molecule has 0 aromatic rings. The molecule has 0 aromatic carbocycles. The van der Waals surface area contributed by atoms with Crippen LogP contribution in [0.2, 0.25) is 0 Å². The normalized spacial score (nSPS) is 15.8. The second kappa shape index (κ2) is 13.5. The Morgan fingerprint density at radius 3 is 1.74 bits per heavy atom. The lowest BCUT2D eigenvalue weighted by molar-refractivity contribution is -0.143. The molecule has 3 amide bonds. The van der Waals surface area contributed by atoms with Crippen LogP contribution in [-0.4, -0.2) is 87.0 Å². The van der Waals surface area contributed by atoms with E-state index in [9.17, 15) is 39.3 Å². The summed E-state index contributed by atoms with van der Waals surface area (Å²) in [6, 6.07) is -5.60. The molecule has 0 saturated carbocycles. The van der Waals surface area contributed by atoms with Crippen LogP contribution in [0.25, 0.3) is 0 Å². The van der Waals surface area contributed by atoms with E-state index in [1.165, 1.54) is 6.92 Å². The molecule has 0 radical (unpaired) electrons. The highest BCUT2D eigenvalue weighted by Crippen LogP contribution is 2.07. The van der Waals surface area contributed by atoms with Gasteiger partial charge in [-0.1, -0.05) is 13.8 Å². The van der Waals surface area contributed by atoms with Gasteiger partial charge in [0.25, 0.3) is 0 Å². The van der Waals surface area contributed by atoms with Crippen LogP contribution in [0.3, 0.4) is 0 Å². The van der Waals surface area contributed by atoms with Gasteiger partial charge in [-0.05, 0) is 25.7 Å². The van der Waals surface area contributed by atoms with Crippen LogP contribution in [-0.2, 0) is 24.0 Å². The molecule has 13 nitrogen and oxygen atoms in total. The van der Waals surface area contributed by atoms with E-state index in [2.05, 4.69) is 16.0 Å². The lowest BCUT2D eigenvalue weighted by Crippen LogP contribution is -2.59. The Kier molecular flexibility index (Phi) is 12.3. The van der Waals surface area contributed by atoms with E-state index in [4.69, 9.17) is 10.8 Å². The first-order valence-corrected chi connectivity index (χ1v) is 9.70. The first kappa shape index (κ1) is 28.2. The third-order valence-electron chi connectivity index (χ3n) is 4.24. The quantitative estimate of drug-likeness (QED) is 0.135. The molecular weight excluding hydrogens is 416 g/mol. The predicted octanol–water partition coefficient (Wildman–Crippen LogP) is -2.86. The summed E-state index contributed by atoms with van der Waals surface area (Å²) in [7, 11) is 0. The first-order valence-electron chi connectivity index (χ1n) is 9.70. The van der Waals surface area contributed by atoms with Gasteiger partial charge >= 0.3 is 11.9 Å². The molecule has 31 heavy (non-hydrogen) atoms. The number of rotatable bonds is 14. The van der Waals surface area contributed by atoms with Crippen LogP contribution in [0.4, 0.5) is 0 Å². The van der Waals surface area contributed by atoms with Crippen LogP contribution in [0.1, 0.15) is 40.0 Å². The number of amides is 3. The van der Waals surface area contributed by atoms with Crippen molar-refractivity contribution in [3.8, 4) is 0 Å². The van der Waals surface area contributed by atoms with Gasteiger partial charge in [0.1, 0.15) is 24.2 Å². The minimum atomic E-state index is -1.54. The van der Waals surface area contributed by atoms with Crippen molar-refractivity contribution in [1.29, 1.82) is 0 Å². The van der Waals surface area contributed by atoms with E-state index in [0.717, 1.165) is 0 Å². The maximum atomic E-state index is 12.5. The van der Waals surface area contributed by atoms with Crippen molar-refractivity contribution >= 4 is 29.7 Å². The highest BCUT2D eigenvalue weighted by Gasteiger charge is 2.31. The summed E-state index contributed by atoms with van der Waals surface area (Å²) >= 11 is 0. The van der Waals surface area contributed by atoms with Gasteiger partial charge in [0.2, 0.25) is 17.7 Å². The Morgan fingerprint density at radius 2 is 1.32 bits per heavy atom. The minimum Gasteiger partial charge on any atom is -0.481 e. The van der Waals surface area contributed by atoms with Crippen LogP contribution in [0.5, 0.6) is 0 Å². The average molecular weight is 448 g/mol. The number of aliphatic hydroxyl groups excluding tert-OH is 2. The number of carboxylic acids is 2. The number of nitrogens with one attached hydrogen (secondary N) is 3.